The molecule has 15 heavy (non-hydrogen) atoms. The summed E-state index contributed by atoms with van der Waals surface area (Å²) >= 11 is 0. The van der Waals surface area contributed by atoms with E-state index in [4.69, 9.17) is 5.73 Å². The highest BCUT2D eigenvalue weighted by Gasteiger charge is 2.24. The zero-order valence-electron chi connectivity index (χ0n) is 8.87. The van der Waals surface area contributed by atoms with Crippen LogP contribution in [0.2, 0.25) is 0 Å². The molecule has 0 heterocycles. The highest BCUT2D eigenvalue weighted by atomic mass is 35.5. The van der Waals surface area contributed by atoms with Gasteiger partial charge in [0, 0.05) is 6.04 Å². The molecule has 0 aliphatic heterocycles. The SMILES string of the molecule is Cc1ccc([C@@H](N)CC2CC2)cc1F.Cl. The first kappa shape index (κ1) is 12.5. The summed E-state index contributed by atoms with van der Waals surface area (Å²) in [5.74, 6) is 0.642. The zero-order valence-corrected chi connectivity index (χ0v) is 9.69. The number of aryl methyl sites for hydroxylation is 1. The van der Waals surface area contributed by atoms with Crippen molar-refractivity contribution in [2.75, 3.05) is 0 Å². The molecule has 1 fully saturated rings. The maximum atomic E-state index is 13.2. The Hall–Kier alpha value is -0.600. The van der Waals surface area contributed by atoms with Crippen molar-refractivity contribution in [3.63, 3.8) is 0 Å². The molecule has 1 saturated carbocycles. The molecule has 1 atom stereocenters. The maximum Gasteiger partial charge on any atom is 0.126 e. The van der Waals surface area contributed by atoms with E-state index in [1.54, 1.807) is 19.1 Å². The van der Waals surface area contributed by atoms with Crippen molar-refractivity contribution in [2.24, 2.45) is 11.7 Å². The van der Waals surface area contributed by atoms with Gasteiger partial charge in [-0.1, -0.05) is 25.0 Å². The number of benzene rings is 1. The highest BCUT2D eigenvalue weighted by Crippen LogP contribution is 2.36. The maximum absolute atomic E-state index is 13.2. The number of hydrogen-bond donors (Lipinski definition) is 1. The minimum Gasteiger partial charge on any atom is -0.324 e. The van der Waals surface area contributed by atoms with Gasteiger partial charge in [0.2, 0.25) is 0 Å². The molecule has 0 unspecified atom stereocenters. The van der Waals surface area contributed by atoms with Crippen molar-refractivity contribution in [3.05, 3.63) is 35.1 Å². The fraction of sp³-hybridized carbons (Fsp3) is 0.500. The van der Waals surface area contributed by atoms with Crippen LogP contribution in [0.5, 0.6) is 0 Å². The zero-order chi connectivity index (χ0) is 10.1. The third-order valence-electron chi connectivity index (χ3n) is 2.91. The van der Waals surface area contributed by atoms with Crippen LogP contribution in [0, 0.1) is 18.7 Å². The summed E-state index contributed by atoms with van der Waals surface area (Å²) in [4.78, 5) is 0. The second-order valence-electron chi connectivity index (χ2n) is 4.29. The van der Waals surface area contributed by atoms with Gasteiger partial charge in [-0.3, -0.25) is 0 Å². The summed E-state index contributed by atoms with van der Waals surface area (Å²) in [6.07, 6.45) is 3.59. The number of halogens is 2. The molecule has 1 aliphatic rings. The molecule has 0 radical (unpaired) electrons. The predicted octanol–water partition coefficient (Wildman–Crippen LogP) is 3.36. The van der Waals surface area contributed by atoms with Gasteiger partial charge in [-0.05, 0) is 36.5 Å². The summed E-state index contributed by atoms with van der Waals surface area (Å²) in [6, 6.07) is 5.32. The minimum atomic E-state index is -0.145. The van der Waals surface area contributed by atoms with Crippen molar-refractivity contribution in [1.29, 1.82) is 0 Å². The van der Waals surface area contributed by atoms with Crippen LogP contribution < -0.4 is 5.73 Å². The molecule has 1 aromatic rings. The largest absolute Gasteiger partial charge is 0.324 e. The van der Waals surface area contributed by atoms with Crippen LogP contribution in [-0.2, 0) is 0 Å². The molecule has 2 rings (SSSR count). The third-order valence-corrected chi connectivity index (χ3v) is 2.91. The predicted molar refractivity (Wildman–Crippen MR) is 62.7 cm³/mol. The van der Waals surface area contributed by atoms with E-state index in [1.807, 2.05) is 6.07 Å². The molecule has 1 aromatic carbocycles. The fourth-order valence-corrected chi connectivity index (χ4v) is 1.69. The van der Waals surface area contributed by atoms with Gasteiger partial charge in [0.05, 0.1) is 0 Å². The monoisotopic (exact) mass is 229 g/mol. The van der Waals surface area contributed by atoms with Gasteiger partial charge in [-0.15, -0.1) is 12.4 Å². The van der Waals surface area contributed by atoms with Crippen LogP contribution in [0.4, 0.5) is 4.39 Å². The van der Waals surface area contributed by atoms with Crippen LogP contribution in [-0.4, -0.2) is 0 Å². The average Bonchev–Trinajstić information content (AvgIpc) is 2.93. The lowest BCUT2D eigenvalue weighted by molar-refractivity contribution is 0.580. The van der Waals surface area contributed by atoms with Crippen LogP contribution in [0.1, 0.15) is 36.4 Å². The average molecular weight is 230 g/mol. The molecule has 0 aromatic heterocycles. The van der Waals surface area contributed by atoms with Gasteiger partial charge in [-0.25, -0.2) is 4.39 Å². The van der Waals surface area contributed by atoms with Crippen molar-refractivity contribution in [1.82, 2.24) is 0 Å². The molecule has 0 spiro atoms. The van der Waals surface area contributed by atoms with E-state index >= 15 is 0 Å². The third kappa shape index (κ3) is 3.18. The topological polar surface area (TPSA) is 26.0 Å². The lowest BCUT2D eigenvalue weighted by Gasteiger charge is -2.11. The Kier molecular flexibility index (Phi) is 4.12. The standard InChI is InChI=1S/C12H16FN.ClH/c1-8-2-5-10(7-11(8)13)12(14)6-9-3-4-9;/h2,5,7,9,12H,3-4,6,14H2,1H3;1H/t12-;/m0./s1. The Balaban J connectivity index is 0.00000112. The van der Waals surface area contributed by atoms with Crippen LogP contribution in [0.15, 0.2) is 18.2 Å². The number of nitrogens with two attached hydrogens (primary N) is 1. The second kappa shape index (κ2) is 4.95. The summed E-state index contributed by atoms with van der Waals surface area (Å²) in [7, 11) is 0. The highest BCUT2D eigenvalue weighted by molar-refractivity contribution is 5.85. The Morgan fingerprint density at radius 3 is 2.67 bits per heavy atom. The molecule has 0 amide bonds. The molecule has 0 saturated heterocycles. The van der Waals surface area contributed by atoms with Crippen molar-refractivity contribution < 1.29 is 4.39 Å². The first-order valence-electron chi connectivity index (χ1n) is 5.18. The van der Waals surface area contributed by atoms with Crippen molar-refractivity contribution in [2.45, 2.75) is 32.2 Å². The fourth-order valence-electron chi connectivity index (χ4n) is 1.69. The molecule has 1 aliphatic carbocycles. The van der Waals surface area contributed by atoms with Crippen LogP contribution >= 0.6 is 12.4 Å². The summed E-state index contributed by atoms with van der Waals surface area (Å²) in [5, 5.41) is 0. The minimum absolute atomic E-state index is 0. The Bertz CT molecular complexity index is 336. The second-order valence-corrected chi connectivity index (χ2v) is 4.29. The number of rotatable bonds is 3. The van der Waals surface area contributed by atoms with Crippen LogP contribution in [0.3, 0.4) is 0 Å². The van der Waals surface area contributed by atoms with E-state index in [0.29, 0.717) is 5.56 Å². The normalized spacial score (nSPS) is 17.0. The summed E-state index contributed by atoms with van der Waals surface area (Å²) in [5.41, 5.74) is 7.61. The van der Waals surface area contributed by atoms with Gasteiger partial charge in [0.15, 0.2) is 0 Å². The van der Waals surface area contributed by atoms with E-state index < -0.39 is 0 Å². The van der Waals surface area contributed by atoms with Gasteiger partial charge < -0.3 is 5.73 Å². The molecule has 2 N–H and O–H groups in total. The Labute approximate surface area is 96.3 Å². The molecule has 3 heteroatoms. The van der Waals surface area contributed by atoms with Gasteiger partial charge >= 0.3 is 0 Å². The van der Waals surface area contributed by atoms with E-state index in [1.165, 1.54) is 12.8 Å². The van der Waals surface area contributed by atoms with Gasteiger partial charge in [0.25, 0.3) is 0 Å². The first-order chi connectivity index (χ1) is 6.66. The smallest absolute Gasteiger partial charge is 0.126 e. The molecule has 0 bridgehead atoms. The molecule has 84 valence electrons. The van der Waals surface area contributed by atoms with E-state index in [2.05, 4.69) is 0 Å². The van der Waals surface area contributed by atoms with E-state index in [0.717, 1.165) is 17.9 Å². The van der Waals surface area contributed by atoms with Gasteiger partial charge in [0.1, 0.15) is 5.82 Å². The molecular weight excluding hydrogens is 213 g/mol. The summed E-state index contributed by atoms with van der Waals surface area (Å²) in [6.45, 7) is 1.77. The summed E-state index contributed by atoms with van der Waals surface area (Å²) < 4.78 is 13.2. The van der Waals surface area contributed by atoms with E-state index in [9.17, 15) is 4.39 Å². The van der Waals surface area contributed by atoms with Crippen LogP contribution in [0.25, 0.3) is 0 Å². The quantitative estimate of drug-likeness (QED) is 0.845. The first-order valence-corrected chi connectivity index (χ1v) is 5.18. The molecule has 1 nitrogen and oxygen atoms in total. The lowest BCUT2D eigenvalue weighted by atomic mass is 10.0. The number of hydrogen-bond acceptors (Lipinski definition) is 1. The van der Waals surface area contributed by atoms with Gasteiger partial charge in [-0.2, -0.15) is 0 Å². The molecular formula is C12H17ClFN. The Morgan fingerprint density at radius 2 is 2.13 bits per heavy atom. The Morgan fingerprint density at radius 1 is 1.47 bits per heavy atom. The van der Waals surface area contributed by atoms with Crippen molar-refractivity contribution in [3.8, 4) is 0 Å². The van der Waals surface area contributed by atoms with E-state index in [-0.39, 0.29) is 24.3 Å². The van der Waals surface area contributed by atoms with Crippen molar-refractivity contribution >= 4 is 12.4 Å². The lowest BCUT2D eigenvalue weighted by Crippen LogP contribution is -2.11.